The Labute approximate surface area is 107 Å². The van der Waals surface area contributed by atoms with Crippen LogP contribution in [0.3, 0.4) is 0 Å². The predicted octanol–water partition coefficient (Wildman–Crippen LogP) is 1.98. The molecule has 0 aliphatic carbocycles. The van der Waals surface area contributed by atoms with E-state index >= 15 is 0 Å². The average Bonchev–Trinajstić information content (AvgIpc) is 2.29. The molecule has 1 fully saturated rings. The van der Waals surface area contributed by atoms with E-state index in [-0.39, 0.29) is 0 Å². The number of nitrogens with zero attached hydrogens (tertiary/aromatic N) is 1. The van der Waals surface area contributed by atoms with Crippen LogP contribution in [0.25, 0.3) is 0 Å². The fraction of sp³-hybridized carbons (Fsp3) is 1.00. The number of rotatable bonds is 7. The molecule has 1 heterocycles. The van der Waals surface area contributed by atoms with Crippen molar-refractivity contribution in [2.24, 2.45) is 11.3 Å². The van der Waals surface area contributed by atoms with Crippen LogP contribution in [0.5, 0.6) is 0 Å². The van der Waals surface area contributed by atoms with Crippen LogP contribution in [0, 0.1) is 11.3 Å². The summed E-state index contributed by atoms with van der Waals surface area (Å²) in [5.74, 6) is 0.732. The molecule has 0 radical (unpaired) electrons. The summed E-state index contributed by atoms with van der Waals surface area (Å²) in [6, 6.07) is 0. The number of hydrogen-bond acceptors (Lipinski definition) is 3. The molecule has 3 nitrogen and oxygen atoms in total. The van der Waals surface area contributed by atoms with Crippen molar-refractivity contribution in [1.82, 2.24) is 10.2 Å². The summed E-state index contributed by atoms with van der Waals surface area (Å²) in [4.78, 5) is 2.43. The maximum atomic E-state index is 5.52. The Morgan fingerprint density at radius 2 is 1.94 bits per heavy atom. The summed E-state index contributed by atoms with van der Waals surface area (Å²) < 4.78 is 5.52. The summed E-state index contributed by atoms with van der Waals surface area (Å²) in [7, 11) is 2.22. The van der Waals surface area contributed by atoms with Gasteiger partial charge < -0.3 is 15.0 Å². The molecule has 0 bridgehead atoms. The van der Waals surface area contributed by atoms with Gasteiger partial charge in [-0.25, -0.2) is 0 Å². The lowest BCUT2D eigenvalue weighted by atomic mass is 9.79. The third-order valence-corrected chi connectivity index (χ3v) is 3.75. The largest absolute Gasteiger partial charge is 0.381 e. The Kier molecular flexibility index (Phi) is 6.45. The highest BCUT2D eigenvalue weighted by Crippen LogP contribution is 2.30. The fourth-order valence-electron chi connectivity index (χ4n) is 2.51. The van der Waals surface area contributed by atoms with Crippen LogP contribution in [-0.4, -0.2) is 51.3 Å². The second-order valence-electron chi connectivity index (χ2n) is 5.97. The van der Waals surface area contributed by atoms with Crippen molar-refractivity contribution >= 4 is 0 Å². The summed E-state index contributed by atoms with van der Waals surface area (Å²) >= 11 is 0. The van der Waals surface area contributed by atoms with Crippen LogP contribution in [0.4, 0.5) is 0 Å². The minimum absolute atomic E-state index is 0.428. The van der Waals surface area contributed by atoms with E-state index in [1.807, 2.05) is 0 Å². The molecule has 1 N–H and O–H groups in total. The highest BCUT2D eigenvalue weighted by molar-refractivity contribution is 4.86. The first-order valence-electron chi connectivity index (χ1n) is 7.05. The van der Waals surface area contributed by atoms with Gasteiger partial charge in [0.15, 0.2) is 0 Å². The van der Waals surface area contributed by atoms with Gasteiger partial charge in [-0.3, -0.25) is 0 Å². The maximum absolute atomic E-state index is 5.52. The van der Waals surface area contributed by atoms with Crippen LogP contribution in [0.15, 0.2) is 0 Å². The van der Waals surface area contributed by atoms with E-state index in [0.717, 1.165) is 38.8 Å². The maximum Gasteiger partial charge on any atom is 0.0472 e. The van der Waals surface area contributed by atoms with E-state index in [4.69, 9.17) is 4.74 Å². The van der Waals surface area contributed by atoms with Gasteiger partial charge >= 0.3 is 0 Å². The minimum Gasteiger partial charge on any atom is -0.381 e. The van der Waals surface area contributed by atoms with E-state index < -0.39 is 0 Å². The van der Waals surface area contributed by atoms with Crippen molar-refractivity contribution in [3.63, 3.8) is 0 Å². The van der Waals surface area contributed by atoms with Crippen molar-refractivity contribution in [3.8, 4) is 0 Å². The van der Waals surface area contributed by atoms with E-state index in [2.05, 4.69) is 38.0 Å². The Morgan fingerprint density at radius 1 is 1.29 bits per heavy atom. The lowest BCUT2D eigenvalue weighted by Crippen LogP contribution is -2.47. The van der Waals surface area contributed by atoms with Gasteiger partial charge in [0.25, 0.3) is 0 Å². The van der Waals surface area contributed by atoms with Gasteiger partial charge in [0.1, 0.15) is 0 Å². The molecule has 1 aliphatic rings. The van der Waals surface area contributed by atoms with E-state index in [9.17, 15) is 0 Å². The molecule has 0 amide bonds. The standard InChI is InChI=1S/C14H30N2O/c1-5-16(4)12-14(6-8-17-9-7-14)11-15-10-13(2)3/h13,15H,5-12H2,1-4H3. The predicted molar refractivity (Wildman–Crippen MR) is 73.4 cm³/mol. The van der Waals surface area contributed by atoms with Gasteiger partial charge in [0.05, 0.1) is 0 Å². The van der Waals surface area contributed by atoms with Gasteiger partial charge in [-0.15, -0.1) is 0 Å². The van der Waals surface area contributed by atoms with E-state index in [0.29, 0.717) is 5.41 Å². The fourth-order valence-corrected chi connectivity index (χ4v) is 2.51. The van der Waals surface area contributed by atoms with Crippen molar-refractivity contribution < 1.29 is 4.74 Å². The topological polar surface area (TPSA) is 24.5 Å². The highest BCUT2D eigenvalue weighted by atomic mass is 16.5. The zero-order chi connectivity index (χ0) is 12.7. The summed E-state index contributed by atoms with van der Waals surface area (Å²) in [6.07, 6.45) is 2.39. The Balaban J connectivity index is 2.46. The zero-order valence-corrected chi connectivity index (χ0v) is 12.1. The lowest BCUT2D eigenvalue weighted by Gasteiger charge is -2.40. The summed E-state index contributed by atoms with van der Waals surface area (Å²) in [6.45, 7) is 13.2. The summed E-state index contributed by atoms with van der Waals surface area (Å²) in [5, 5.41) is 3.64. The van der Waals surface area contributed by atoms with Gasteiger partial charge in [-0.2, -0.15) is 0 Å². The third kappa shape index (κ3) is 5.36. The zero-order valence-electron chi connectivity index (χ0n) is 12.1. The molecule has 0 aromatic heterocycles. The molecule has 3 heteroatoms. The van der Waals surface area contributed by atoms with Gasteiger partial charge in [0.2, 0.25) is 0 Å². The van der Waals surface area contributed by atoms with E-state index in [1.54, 1.807) is 0 Å². The van der Waals surface area contributed by atoms with E-state index in [1.165, 1.54) is 19.4 Å². The second-order valence-corrected chi connectivity index (χ2v) is 5.97. The molecule has 102 valence electrons. The molecule has 0 aromatic carbocycles. The number of hydrogen-bond donors (Lipinski definition) is 1. The smallest absolute Gasteiger partial charge is 0.0472 e. The SMILES string of the molecule is CCN(C)CC1(CNCC(C)C)CCOCC1. The quantitative estimate of drug-likeness (QED) is 0.739. The first-order chi connectivity index (χ1) is 8.08. The first kappa shape index (κ1) is 14.9. The number of nitrogens with one attached hydrogen (secondary N) is 1. The molecule has 0 atom stereocenters. The van der Waals surface area contributed by atoms with Gasteiger partial charge in [-0.1, -0.05) is 20.8 Å². The molecule has 0 spiro atoms. The van der Waals surface area contributed by atoms with Crippen LogP contribution in [-0.2, 0) is 4.74 Å². The molecule has 1 saturated heterocycles. The lowest BCUT2D eigenvalue weighted by molar-refractivity contribution is -0.000129. The van der Waals surface area contributed by atoms with Crippen molar-refractivity contribution in [1.29, 1.82) is 0 Å². The molecule has 0 unspecified atom stereocenters. The van der Waals surface area contributed by atoms with Crippen LogP contribution in [0.1, 0.15) is 33.6 Å². The van der Waals surface area contributed by atoms with Crippen molar-refractivity contribution in [2.75, 3.05) is 46.4 Å². The second kappa shape index (κ2) is 7.34. The first-order valence-corrected chi connectivity index (χ1v) is 7.05. The molecule has 1 aliphatic heterocycles. The molecular weight excluding hydrogens is 212 g/mol. The summed E-state index contributed by atoms with van der Waals surface area (Å²) in [5.41, 5.74) is 0.428. The van der Waals surface area contributed by atoms with Crippen LogP contribution >= 0.6 is 0 Å². The number of ether oxygens (including phenoxy) is 1. The van der Waals surface area contributed by atoms with Gasteiger partial charge in [0, 0.05) is 26.3 Å². The van der Waals surface area contributed by atoms with Crippen molar-refractivity contribution in [3.05, 3.63) is 0 Å². The Hall–Kier alpha value is -0.120. The average molecular weight is 242 g/mol. The molecule has 17 heavy (non-hydrogen) atoms. The monoisotopic (exact) mass is 242 g/mol. The molecule has 1 rings (SSSR count). The molecule has 0 aromatic rings. The van der Waals surface area contributed by atoms with Crippen LogP contribution < -0.4 is 5.32 Å². The van der Waals surface area contributed by atoms with Crippen LogP contribution in [0.2, 0.25) is 0 Å². The minimum atomic E-state index is 0.428. The Bertz CT molecular complexity index is 200. The highest BCUT2D eigenvalue weighted by Gasteiger charge is 2.33. The van der Waals surface area contributed by atoms with Gasteiger partial charge in [-0.05, 0) is 44.3 Å². The molecular formula is C14H30N2O. The Morgan fingerprint density at radius 3 is 2.47 bits per heavy atom. The molecule has 0 saturated carbocycles. The van der Waals surface area contributed by atoms with Crippen molar-refractivity contribution in [2.45, 2.75) is 33.6 Å². The normalized spacial score (nSPS) is 20.1. The third-order valence-electron chi connectivity index (χ3n) is 3.75.